The van der Waals surface area contributed by atoms with Crippen LogP contribution in [0.25, 0.3) is 0 Å². The Morgan fingerprint density at radius 2 is 1.73 bits per heavy atom. The van der Waals surface area contributed by atoms with Crippen molar-refractivity contribution in [2.75, 3.05) is 6.61 Å². The van der Waals surface area contributed by atoms with Crippen LogP contribution in [0.5, 0.6) is 0 Å². The molecule has 6 atom stereocenters. The topological polar surface area (TPSA) is 49.7 Å². The molecule has 0 heterocycles. The number of fused-ring (bicyclic) bond motifs is 1. The summed E-state index contributed by atoms with van der Waals surface area (Å²) < 4.78 is 6.30. The number of rotatable bonds is 6. The van der Waals surface area contributed by atoms with Crippen LogP contribution in [0, 0.1) is 28.6 Å². The highest BCUT2D eigenvalue weighted by molar-refractivity contribution is 5.28. The largest absolute Gasteiger partial charge is 0.392 e. The molecule has 4 fully saturated rings. The van der Waals surface area contributed by atoms with Crippen molar-refractivity contribution >= 4 is 0 Å². The summed E-state index contributed by atoms with van der Waals surface area (Å²) in [6.07, 6.45) is 15.2. The standard InChI is InChI=1S/C27H44O3/c1-18(2)11-15-30-19(3)22-9-10-23-21(6-5-12-26(22,23)4)8-7-20-16-24(28)27(13-14-27)25(29)17-20/h7-8,18-19,22-25,28-29H,5-6,9-17H2,1-4H3/b21-8+/t19-,22?,23?,24-,25-,26?/m1/s1. The first-order valence-corrected chi connectivity index (χ1v) is 12.6. The Balaban J connectivity index is 1.42. The van der Waals surface area contributed by atoms with Crippen LogP contribution in [0.3, 0.4) is 0 Å². The quantitative estimate of drug-likeness (QED) is 0.575. The van der Waals surface area contributed by atoms with Crippen LogP contribution in [0.4, 0.5) is 0 Å². The molecule has 2 N–H and O–H groups in total. The third kappa shape index (κ3) is 4.19. The first-order chi connectivity index (χ1) is 14.3. The van der Waals surface area contributed by atoms with E-state index in [-0.39, 0.29) is 17.6 Å². The van der Waals surface area contributed by atoms with Gasteiger partial charge in [0.1, 0.15) is 0 Å². The highest BCUT2D eigenvalue weighted by Crippen LogP contribution is 2.59. The summed E-state index contributed by atoms with van der Waals surface area (Å²) >= 11 is 0. The van der Waals surface area contributed by atoms with Crippen molar-refractivity contribution in [3.8, 4) is 0 Å². The number of aliphatic hydroxyl groups excluding tert-OH is 2. The van der Waals surface area contributed by atoms with Crippen molar-refractivity contribution < 1.29 is 14.9 Å². The predicted molar refractivity (Wildman–Crippen MR) is 122 cm³/mol. The molecule has 3 unspecified atom stereocenters. The van der Waals surface area contributed by atoms with Gasteiger partial charge in [0.15, 0.2) is 0 Å². The monoisotopic (exact) mass is 416 g/mol. The molecule has 0 aromatic rings. The Hall–Kier alpha value is -0.640. The fraction of sp³-hybridized carbons (Fsp3) is 0.852. The zero-order chi connectivity index (χ0) is 21.5. The van der Waals surface area contributed by atoms with Gasteiger partial charge in [-0.15, -0.1) is 0 Å². The fourth-order valence-electron chi connectivity index (χ4n) is 7.04. The first-order valence-electron chi connectivity index (χ1n) is 12.6. The second-order valence-electron chi connectivity index (χ2n) is 11.6. The zero-order valence-electron chi connectivity index (χ0n) is 19.7. The third-order valence-electron chi connectivity index (χ3n) is 9.28. The average molecular weight is 417 g/mol. The summed E-state index contributed by atoms with van der Waals surface area (Å²) in [5.41, 5.74) is 3.01. The van der Waals surface area contributed by atoms with Gasteiger partial charge in [-0.25, -0.2) is 0 Å². The third-order valence-corrected chi connectivity index (χ3v) is 9.28. The van der Waals surface area contributed by atoms with Crippen LogP contribution < -0.4 is 0 Å². The predicted octanol–water partition coefficient (Wildman–Crippen LogP) is 5.80. The normalized spacial score (nSPS) is 40.1. The van der Waals surface area contributed by atoms with Gasteiger partial charge in [-0.1, -0.05) is 44.1 Å². The van der Waals surface area contributed by atoms with Crippen LogP contribution in [0.1, 0.15) is 91.9 Å². The van der Waals surface area contributed by atoms with Crippen LogP contribution in [0.15, 0.2) is 23.3 Å². The Morgan fingerprint density at radius 3 is 2.37 bits per heavy atom. The lowest BCUT2D eigenvalue weighted by atomic mass is 9.62. The molecule has 4 rings (SSSR count). The van der Waals surface area contributed by atoms with Gasteiger partial charge in [-0.05, 0) is 94.3 Å². The lowest BCUT2D eigenvalue weighted by Crippen LogP contribution is -2.39. The molecular weight excluding hydrogens is 372 g/mol. The van der Waals surface area contributed by atoms with Gasteiger partial charge in [0.05, 0.1) is 18.3 Å². The molecule has 4 saturated carbocycles. The molecule has 3 nitrogen and oxygen atoms in total. The van der Waals surface area contributed by atoms with Gasteiger partial charge in [0.2, 0.25) is 0 Å². The molecule has 0 aliphatic heterocycles. The Kier molecular flexibility index (Phi) is 6.55. The second-order valence-corrected chi connectivity index (χ2v) is 11.6. The number of hydrogen-bond donors (Lipinski definition) is 2. The molecule has 170 valence electrons. The van der Waals surface area contributed by atoms with Crippen LogP contribution in [0.2, 0.25) is 0 Å². The van der Waals surface area contributed by atoms with E-state index >= 15 is 0 Å². The minimum atomic E-state index is -0.359. The lowest BCUT2D eigenvalue weighted by molar-refractivity contribution is -0.0280. The van der Waals surface area contributed by atoms with Crippen molar-refractivity contribution in [1.29, 1.82) is 0 Å². The maximum absolute atomic E-state index is 10.5. The van der Waals surface area contributed by atoms with Crippen LogP contribution in [-0.4, -0.2) is 35.1 Å². The molecule has 0 radical (unpaired) electrons. The first kappa shape index (κ1) is 22.6. The molecule has 0 bridgehead atoms. The van der Waals surface area contributed by atoms with Gasteiger partial charge < -0.3 is 14.9 Å². The Labute approximate surface area is 184 Å². The summed E-state index contributed by atoms with van der Waals surface area (Å²) in [7, 11) is 0. The van der Waals surface area contributed by atoms with E-state index in [9.17, 15) is 10.2 Å². The highest BCUT2D eigenvalue weighted by atomic mass is 16.5. The summed E-state index contributed by atoms with van der Waals surface area (Å²) in [5, 5.41) is 21.1. The van der Waals surface area contributed by atoms with Crippen molar-refractivity contribution in [2.45, 2.75) is 110 Å². The van der Waals surface area contributed by atoms with E-state index in [1.54, 1.807) is 5.57 Å². The van der Waals surface area contributed by atoms with E-state index in [1.807, 2.05) is 0 Å². The average Bonchev–Trinajstić information content (AvgIpc) is 3.41. The maximum atomic E-state index is 10.5. The van der Waals surface area contributed by atoms with Gasteiger partial charge in [0, 0.05) is 12.0 Å². The molecule has 4 aliphatic rings. The summed E-state index contributed by atoms with van der Waals surface area (Å²) in [5.74, 6) is 2.02. The fourth-order valence-corrected chi connectivity index (χ4v) is 7.04. The smallest absolute Gasteiger partial charge is 0.0658 e. The number of allylic oxidation sites excluding steroid dienone is 3. The van der Waals surface area contributed by atoms with Crippen LogP contribution in [-0.2, 0) is 4.74 Å². The zero-order valence-corrected chi connectivity index (χ0v) is 19.7. The van der Waals surface area contributed by atoms with E-state index in [4.69, 9.17) is 4.74 Å². The SMILES string of the molecule is CC(C)CCO[C@H](C)C1CCC2/C(=C/C=C3C[C@@H](O)C4(CC4)[C@H](O)C3)CCCC21C. The molecule has 4 aliphatic carbocycles. The Morgan fingerprint density at radius 1 is 1.03 bits per heavy atom. The molecule has 3 heteroatoms. The molecular formula is C27H44O3. The van der Waals surface area contributed by atoms with Gasteiger partial charge in [-0.2, -0.15) is 0 Å². The van der Waals surface area contributed by atoms with E-state index in [0.717, 1.165) is 38.7 Å². The van der Waals surface area contributed by atoms with E-state index in [0.29, 0.717) is 29.3 Å². The maximum Gasteiger partial charge on any atom is 0.0658 e. The van der Waals surface area contributed by atoms with Crippen molar-refractivity contribution in [1.82, 2.24) is 0 Å². The molecule has 0 aromatic carbocycles. The number of aliphatic hydroxyl groups is 2. The lowest BCUT2D eigenvalue weighted by Gasteiger charge is -2.44. The molecule has 0 saturated heterocycles. The second kappa shape index (κ2) is 8.71. The van der Waals surface area contributed by atoms with E-state index in [2.05, 4.69) is 39.8 Å². The number of ether oxygens (including phenoxy) is 1. The highest BCUT2D eigenvalue weighted by Gasteiger charge is 2.56. The van der Waals surface area contributed by atoms with Crippen molar-refractivity contribution in [2.24, 2.45) is 28.6 Å². The van der Waals surface area contributed by atoms with Crippen molar-refractivity contribution in [3.05, 3.63) is 23.3 Å². The Bertz CT molecular complexity index is 658. The van der Waals surface area contributed by atoms with Crippen LogP contribution >= 0.6 is 0 Å². The van der Waals surface area contributed by atoms with Crippen molar-refractivity contribution in [3.63, 3.8) is 0 Å². The van der Waals surface area contributed by atoms with E-state index < -0.39 is 0 Å². The summed E-state index contributed by atoms with van der Waals surface area (Å²) in [6.45, 7) is 10.2. The molecule has 0 amide bonds. The number of hydrogen-bond acceptors (Lipinski definition) is 3. The minimum absolute atomic E-state index is 0.168. The van der Waals surface area contributed by atoms with Gasteiger partial charge >= 0.3 is 0 Å². The molecule has 30 heavy (non-hydrogen) atoms. The summed E-state index contributed by atoms with van der Waals surface area (Å²) in [4.78, 5) is 0. The summed E-state index contributed by atoms with van der Waals surface area (Å²) in [6, 6.07) is 0. The minimum Gasteiger partial charge on any atom is -0.392 e. The van der Waals surface area contributed by atoms with E-state index in [1.165, 1.54) is 37.7 Å². The molecule has 1 spiro atoms. The van der Waals surface area contributed by atoms with Gasteiger partial charge in [0.25, 0.3) is 0 Å². The molecule has 0 aromatic heterocycles. The van der Waals surface area contributed by atoms with Gasteiger partial charge in [-0.3, -0.25) is 0 Å².